The average Bonchev–Trinajstić information content (AvgIpc) is 2.61. The highest BCUT2D eigenvalue weighted by atomic mass is 19.3. The SMILES string of the molecule is CCC1(C(C)=C(F)F)CC1C. The fourth-order valence-electron chi connectivity index (χ4n) is 1.96. The molecule has 1 aliphatic carbocycles. The van der Waals surface area contributed by atoms with E-state index in [1.165, 1.54) is 0 Å². The maximum Gasteiger partial charge on any atom is 0.269 e. The van der Waals surface area contributed by atoms with Crippen LogP contribution in [0.15, 0.2) is 11.7 Å². The molecule has 0 spiro atoms. The summed E-state index contributed by atoms with van der Waals surface area (Å²) in [6.07, 6.45) is 0.306. The van der Waals surface area contributed by atoms with Gasteiger partial charge in [0.2, 0.25) is 0 Å². The average molecular weight is 160 g/mol. The van der Waals surface area contributed by atoms with Gasteiger partial charge in [0.1, 0.15) is 0 Å². The van der Waals surface area contributed by atoms with Crippen molar-refractivity contribution in [3.63, 3.8) is 0 Å². The standard InChI is InChI=1S/C9H14F2/c1-4-9(5-6(9)2)7(3)8(10)11/h6H,4-5H2,1-3H3. The summed E-state index contributed by atoms with van der Waals surface area (Å²) in [5.41, 5.74) is 0.172. The largest absolute Gasteiger partial charge is 0.269 e. The Morgan fingerprint density at radius 3 is 2.09 bits per heavy atom. The van der Waals surface area contributed by atoms with E-state index in [9.17, 15) is 8.78 Å². The van der Waals surface area contributed by atoms with Gasteiger partial charge in [-0.15, -0.1) is 0 Å². The van der Waals surface area contributed by atoms with Gasteiger partial charge in [-0.2, -0.15) is 8.78 Å². The smallest absolute Gasteiger partial charge is 0.173 e. The van der Waals surface area contributed by atoms with Crippen LogP contribution in [-0.2, 0) is 0 Å². The van der Waals surface area contributed by atoms with E-state index < -0.39 is 6.08 Å². The van der Waals surface area contributed by atoms with Crippen LogP contribution >= 0.6 is 0 Å². The molecule has 0 aliphatic heterocycles. The van der Waals surface area contributed by atoms with Crippen LogP contribution < -0.4 is 0 Å². The highest BCUT2D eigenvalue weighted by Gasteiger charge is 2.51. The lowest BCUT2D eigenvalue weighted by atomic mass is 9.92. The van der Waals surface area contributed by atoms with E-state index in [1.807, 2.05) is 13.8 Å². The van der Waals surface area contributed by atoms with Gasteiger partial charge in [0.05, 0.1) is 0 Å². The molecule has 1 aliphatic rings. The maximum absolute atomic E-state index is 12.2. The van der Waals surface area contributed by atoms with Crippen LogP contribution in [0.3, 0.4) is 0 Å². The van der Waals surface area contributed by atoms with Gasteiger partial charge in [0.15, 0.2) is 0 Å². The van der Waals surface area contributed by atoms with E-state index in [0.29, 0.717) is 11.5 Å². The van der Waals surface area contributed by atoms with E-state index in [0.717, 1.165) is 12.8 Å². The number of allylic oxidation sites excluding steroid dienone is 1. The normalized spacial score (nSPS) is 35.2. The molecule has 0 N–H and O–H groups in total. The maximum atomic E-state index is 12.2. The highest BCUT2D eigenvalue weighted by molar-refractivity contribution is 5.22. The Labute approximate surface area is 66.3 Å². The van der Waals surface area contributed by atoms with Gasteiger partial charge >= 0.3 is 0 Å². The Balaban J connectivity index is 2.82. The molecule has 64 valence electrons. The van der Waals surface area contributed by atoms with Gasteiger partial charge < -0.3 is 0 Å². The molecule has 0 nitrogen and oxygen atoms in total. The Bertz CT molecular complexity index is 188. The minimum Gasteiger partial charge on any atom is -0.173 e. The first kappa shape index (κ1) is 8.69. The Morgan fingerprint density at radius 1 is 1.55 bits per heavy atom. The van der Waals surface area contributed by atoms with Gasteiger partial charge in [0, 0.05) is 0 Å². The summed E-state index contributed by atoms with van der Waals surface area (Å²) in [4.78, 5) is 0. The minimum atomic E-state index is -1.48. The third-order valence-corrected chi connectivity index (χ3v) is 3.11. The van der Waals surface area contributed by atoms with Crippen molar-refractivity contribution in [3.05, 3.63) is 11.7 Å². The number of hydrogen-bond acceptors (Lipinski definition) is 0. The summed E-state index contributed by atoms with van der Waals surface area (Å²) in [7, 11) is 0. The molecular weight excluding hydrogens is 146 g/mol. The number of hydrogen-bond donors (Lipinski definition) is 0. The van der Waals surface area contributed by atoms with Crippen molar-refractivity contribution in [1.29, 1.82) is 0 Å². The summed E-state index contributed by atoms with van der Waals surface area (Å²) in [5, 5.41) is 0. The number of halogens is 2. The van der Waals surface area contributed by atoms with E-state index in [1.54, 1.807) is 6.92 Å². The van der Waals surface area contributed by atoms with Gasteiger partial charge in [-0.05, 0) is 36.7 Å². The summed E-state index contributed by atoms with van der Waals surface area (Å²) < 4.78 is 24.4. The first-order valence-electron chi connectivity index (χ1n) is 4.07. The predicted octanol–water partition coefficient (Wildman–Crippen LogP) is 3.59. The van der Waals surface area contributed by atoms with Crippen molar-refractivity contribution in [3.8, 4) is 0 Å². The second kappa shape index (κ2) is 2.58. The minimum absolute atomic E-state index is 0.140. The molecule has 2 unspecified atom stereocenters. The Kier molecular flexibility index (Phi) is 2.04. The van der Waals surface area contributed by atoms with Gasteiger partial charge in [-0.3, -0.25) is 0 Å². The van der Waals surface area contributed by atoms with E-state index >= 15 is 0 Å². The summed E-state index contributed by atoms with van der Waals surface area (Å²) in [5.74, 6) is 0.453. The van der Waals surface area contributed by atoms with Crippen LogP contribution in [0.25, 0.3) is 0 Å². The van der Waals surface area contributed by atoms with Gasteiger partial charge in [0.25, 0.3) is 6.08 Å². The van der Waals surface area contributed by atoms with Crippen LogP contribution in [0.5, 0.6) is 0 Å². The fraction of sp³-hybridized carbons (Fsp3) is 0.778. The molecule has 11 heavy (non-hydrogen) atoms. The lowest BCUT2D eigenvalue weighted by Crippen LogP contribution is -2.03. The summed E-state index contributed by atoms with van der Waals surface area (Å²) in [6, 6.07) is 0. The predicted molar refractivity (Wildman–Crippen MR) is 41.4 cm³/mol. The van der Waals surface area contributed by atoms with Crippen molar-refractivity contribution < 1.29 is 8.78 Å². The summed E-state index contributed by atoms with van der Waals surface area (Å²) in [6.45, 7) is 5.58. The van der Waals surface area contributed by atoms with E-state index in [2.05, 4.69) is 0 Å². The van der Waals surface area contributed by atoms with Crippen molar-refractivity contribution >= 4 is 0 Å². The van der Waals surface area contributed by atoms with Crippen molar-refractivity contribution in [2.75, 3.05) is 0 Å². The second-order valence-corrected chi connectivity index (χ2v) is 3.50. The van der Waals surface area contributed by atoms with Crippen LogP contribution in [0.1, 0.15) is 33.6 Å². The van der Waals surface area contributed by atoms with Crippen LogP contribution in [0.2, 0.25) is 0 Å². The van der Waals surface area contributed by atoms with E-state index in [4.69, 9.17) is 0 Å². The number of rotatable bonds is 2. The van der Waals surface area contributed by atoms with Gasteiger partial charge in [-0.25, -0.2) is 0 Å². The first-order valence-corrected chi connectivity index (χ1v) is 4.07. The second-order valence-electron chi connectivity index (χ2n) is 3.50. The van der Waals surface area contributed by atoms with Crippen molar-refractivity contribution in [2.24, 2.45) is 11.3 Å². The molecule has 0 aromatic carbocycles. The van der Waals surface area contributed by atoms with Crippen molar-refractivity contribution in [1.82, 2.24) is 0 Å². The third-order valence-electron chi connectivity index (χ3n) is 3.11. The van der Waals surface area contributed by atoms with Crippen molar-refractivity contribution in [2.45, 2.75) is 33.6 Å². The molecule has 0 bridgehead atoms. The lowest BCUT2D eigenvalue weighted by molar-refractivity contribution is 0.380. The molecule has 1 saturated carbocycles. The molecule has 0 saturated heterocycles. The zero-order valence-corrected chi connectivity index (χ0v) is 7.25. The zero-order chi connectivity index (χ0) is 8.65. The van der Waals surface area contributed by atoms with E-state index in [-0.39, 0.29) is 5.41 Å². The molecule has 0 aromatic heterocycles. The van der Waals surface area contributed by atoms with Gasteiger partial charge in [-0.1, -0.05) is 13.8 Å². The molecule has 0 amide bonds. The zero-order valence-electron chi connectivity index (χ0n) is 7.25. The molecule has 0 aromatic rings. The molecule has 1 rings (SSSR count). The van der Waals surface area contributed by atoms with Crippen LogP contribution in [0.4, 0.5) is 8.78 Å². The molecular formula is C9H14F2. The molecule has 0 heterocycles. The Hall–Kier alpha value is -0.400. The fourth-order valence-corrected chi connectivity index (χ4v) is 1.96. The third kappa shape index (κ3) is 1.19. The first-order chi connectivity index (χ1) is 5.04. The molecule has 2 atom stereocenters. The monoisotopic (exact) mass is 160 g/mol. The quantitative estimate of drug-likeness (QED) is 0.579. The Morgan fingerprint density at radius 2 is 2.00 bits per heavy atom. The molecule has 2 heteroatoms. The van der Waals surface area contributed by atoms with Crippen LogP contribution in [-0.4, -0.2) is 0 Å². The lowest BCUT2D eigenvalue weighted by Gasteiger charge is -2.13. The van der Waals surface area contributed by atoms with Crippen LogP contribution in [0, 0.1) is 11.3 Å². The molecule has 1 fully saturated rings. The highest BCUT2D eigenvalue weighted by Crippen LogP contribution is 2.60. The topological polar surface area (TPSA) is 0 Å². The molecule has 0 radical (unpaired) electrons. The summed E-state index contributed by atoms with van der Waals surface area (Å²) >= 11 is 0.